The largest absolute Gasteiger partial charge is 0.355 e. The summed E-state index contributed by atoms with van der Waals surface area (Å²) in [6.07, 6.45) is 5.20. The van der Waals surface area contributed by atoms with E-state index >= 15 is 0 Å². The molecule has 0 bridgehead atoms. The lowest BCUT2D eigenvalue weighted by atomic mass is 10.1. The Morgan fingerprint density at radius 1 is 1.03 bits per heavy atom. The minimum Gasteiger partial charge on any atom is -0.355 e. The molecule has 1 saturated heterocycles. The predicted molar refractivity (Wildman–Crippen MR) is 152 cm³/mol. The van der Waals surface area contributed by atoms with E-state index in [4.69, 9.17) is 5.73 Å². The van der Waals surface area contributed by atoms with E-state index in [1.807, 2.05) is 65.2 Å². The van der Waals surface area contributed by atoms with Crippen molar-refractivity contribution in [1.29, 1.82) is 5.26 Å². The summed E-state index contributed by atoms with van der Waals surface area (Å²) in [4.78, 5) is 25.3. The summed E-state index contributed by atoms with van der Waals surface area (Å²) in [6, 6.07) is 22.2. The lowest BCUT2D eigenvalue weighted by Gasteiger charge is -2.33. The van der Waals surface area contributed by atoms with Crippen molar-refractivity contribution in [3.05, 3.63) is 100 Å². The summed E-state index contributed by atoms with van der Waals surface area (Å²) < 4.78 is 3.59. The van der Waals surface area contributed by atoms with Crippen LogP contribution in [-0.4, -0.2) is 38.2 Å². The maximum absolute atomic E-state index is 14.0. The van der Waals surface area contributed by atoms with Gasteiger partial charge in [0.05, 0.1) is 18.4 Å². The van der Waals surface area contributed by atoms with E-state index in [0.717, 1.165) is 47.2 Å². The molecule has 0 aliphatic carbocycles. The highest BCUT2D eigenvalue weighted by molar-refractivity contribution is 5.89. The van der Waals surface area contributed by atoms with Crippen molar-refractivity contribution >= 4 is 40.2 Å². The molecule has 1 unspecified atom stereocenters. The zero-order chi connectivity index (χ0) is 25.4. The van der Waals surface area contributed by atoms with E-state index in [2.05, 4.69) is 20.9 Å². The van der Waals surface area contributed by atoms with Crippen LogP contribution in [0.3, 0.4) is 0 Å². The third kappa shape index (κ3) is 4.51. The number of benzene rings is 2. The molecular formula is C29H28ClN7O. The number of nitriles is 1. The number of nitrogens with two attached hydrogens (primary N) is 1. The summed E-state index contributed by atoms with van der Waals surface area (Å²) in [7, 11) is 0. The van der Waals surface area contributed by atoms with Gasteiger partial charge in [-0.3, -0.25) is 14.3 Å². The molecule has 0 amide bonds. The first-order chi connectivity index (χ1) is 18.1. The number of halogens is 1. The van der Waals surface area contributed by atoms with Gasteiger partial charge in [0.1, 0.15) is 28.5 Å². The van der Waals surface area contributed by atoms with Gasteiger partial charge in [-0.15, -0.1) is 12.4 Å². The second kappa shape index (κ2) is 10.7. The molecule has 2 aromatic carbocycles. The van der Waals surface area contributed by atoms with E-state index < -0.39 is 0 Å². The molecule has 2 N–H and O–H groups in total. The van der Waals surface area contributed by atoms with E-state index in [9.17, 15) is 10.1 Å². The molecular weight excluding hydrogens is 498 g/mol. The van der Waals surface area contributed by atoms with Gasteiger partial charge in [0.2, 0.25) is 0 Å². The molecule has 0 saturated carbocycles. The fourth-order valence-corrected chi connectivity index (χ4v) is 5.39. The molecule has 1 atom stereocenters. The van der Waals surface area contributed by atoms with Gasteiger partial charge in [0.15, 0.2) is 0 Å². The van der Waals surface area contributed by atoms with Crippen molar-refractivity contribution in [2.75, 3.05) is 18.0 Å². The first-order valence-corrected chi connectivity index (χ1v) is 12.5. The molecule has 3 aromatic heterocycles. The second-order valence-corrected chi connectivity index (χ2v) is 9.59. The maximum atomic E-state index is 14.0. The van der Waals surface area contributed by atoms with Crippen LogP contribution >= 0.6 is 12.4 Å². The maximum Gasteiger partial charge on any atom is 0.278 e. The monoisotopic (exact) mass is 525 g/mol. The molecule has 4 heterocycles. The number of nitrogens with zero attached hydrogens (tertiary/aromatic N) is 6. The second-order valence-electron chi connectivity index (χ2n) is 9.59. The van der Waals surface area contributed by atoms with Crippen molar-refractivity contribution in [3.63, 3.8) is 0 Å². The van der Waals surface area contributed by atoms with Crippen LogP contribution in [0.5, 0.6) is 0 Å². The Hall–Kier alpha value is -4.19. The van der Waals surface area contributed by atoms with Gasteiger partial charge in [0, 0.05) is 37.3 Å². The van der Waals surface area contributed by atoms with E-state index in [1.54, 1.807) is 17.1 Å². The molecule has 38 heavy (non-hydrogen) atoms. The van der Waals surface area contributed by atoms with Crippen molar-refractivity contribution < 1.29 is 0 Å². The molecule has 1 aliphatic rings. The Bertz CT molecular complexity index is 1700. The number of hydrogen-bond acceptors (Lipinski definition) is 6. The molecule has 0 spiro atoms. The lowest BCUT2D eigenvalue weighted by molar-refractivity contribution is 0.498. The van der Waals surface area contributed by atoms with Crippen LogP contribution in [0.15, 0.2) is 78.0 Å². The summed E-state index contributed by atoms with van der Waals surface area (Å²) >= 11 is 0. The summed E-state index contributed by atoms with van der Waals surface area (Å²) in [5, 5.41) is 11.2. The van der Waals surface area contributed by atoms with Gasteiger partial charge in [-0.25, -0.2) is 4.98 Å². The molecule has 1 fully saturated rings. The highest BCUT2D eigenvalue weighted by atomic mass is 35.5. The van der Waals surface area contributed by atoms with Gasteiger partial charge in [-0.05, 0) is 36.1 Å². The Balaban J connectivity index is 0.00000294. The van der Waals surface area contributed by atoms with Crippen LogP contribution in [0, 0.1) is 11.3 Å². The summed E-state index contributed by atoms with van der Waals surface area (Å²) in [6.45, 7) is 2.23. The van der Waals surface area contributed by atoms with Crippen LogP contribution < -0.4 is 16.2 Å². The third-order valence-corrected chi connectivity index (χ3v) is 7.13. The predicted octanol–water partition coefficient (Wildman–Crippen LogP) is 4.06. The molecule has 5 aromatic rings. The van der Waals surface area contributed by atoms with Crippen molar-refractivity contribution in [1.82, 2.24) is 19.1 Å². The van der Waals surface area contributed by atoms with Gasteiger partial charge < -0.3 is 15.2 Å². The molecule has 8 nitrogen and oxygen atoms in total. The number of para-hydroxylation sites is 1. The molecule has 1 aliphatic heterocycles. The quantitative estimate of drug-likeness (QED) is 0.371. The molecule has 192 valence electrons. The number of aromatic nitrogens is 4. The first-order valence-electron chi connectivity index (χ1n) is 12.5. The van der Waals surface area contributed by atoms with E-state index in [1.165, 1.54) is 0 Å². The standard InChI is InChI=1S/C29H27N7O.ClH/c30-15-24-26-27(29(37)35(19-33-26)17-21-12-13-32-25-11-5-4-10-23(21)25)36(16-20-7-2-1-3-8-20)28(24)34-14-6-9-22(31)18-34;/h1-5,7-8,10-13,19,22H,6,9,14,16-18,31H2;1H. The first kappa shape index (κ1) is 25.5. The van der Waals surface area contributed by atoms with Crippen molar-refractivity contribution in [2.45, 2.75) is 32.0 Å². The van der Waals surface area contributed by atoms with Gasteiger partial charge in [-0.2, -0.15) is 5.26 Å². The van der Waals surface area contributed by atoms with Crippen LogP contribution in [0.2, 0.25) is 0 Å². The Morgan fingerprint density at radius 3 is 2.61 bits per heavy atom. The van der Waals surface area contributed by atoms with Crippen LogP contribution in [0.4, 0.5) is 5.82 Å². The number of anilines is 1. The smallest absolute Gasteiger partial charge is 0.278 e. The molecule has 6 rings (SSSR count). The Labute approximate surface area is 226 Å². The minimum absolute atomic E-state index is 0. The zero-order valence-corrected chi connectivity index (χ0v) is 21.6. The average molecular weight is 526 g/mol. The van der Waals surface area contributed by atoms with E-state index in [0.29, 0.717) is 36.2 Å². The number of hydrogen-bond donors (Lipinski definition) is 1. The Kier molecular flexibility index (Phi) is 7.14. The van der Waals surface area contributed by atoms with Crippen molar-refractivity contribution in [2.24, 2.45) is 5.73 Å². The fourth-order valence-electron chi connectivity index (χ4n) is 5.39. The molecule has 0 radical (unpaired) electrons. The highest BCUT2D eigenvalue weighted by Crippen LogP contribution is 2.32. The van der Waals surface area contributed by atoms with Gasteiger partial charge in [-0.1, -0.05) is 48.5 Å². The summed E-state index contributed by atoms with van der Waals surface area (Å²) in [5.41, 5.74) is 10.4. The fraction of sp³-hybridized carbons (Fsp3) is 0.241. The van der Waals surface area contributed by atoms with Gasteiger partial charge >= 0.3 is 0 Å². The Morgan fingerprint density at radius 2 is 1.82 bits per heavy atom. The van der Waals surface area contributed by atoms with Gasteiger partial charge in [0.25, 0.3) is 5.56 Å². The third-order valence-electron chi connectivity index (χ3n) is 7.13. The van der Waals surface area contributed by atoms with E-state index in [-0.39, 0.29) is 24.0 Å². The SMILES string of the molecule is Cl.N#Cc1c(N2CCCC(N)C2)n(Cc2ccccc2)c2c(=O)n(Cc3ccnc4ccccc34)cnc12. The molecule has 9 heteroatoms. The number of fused-ring (bicyclic) bond motifs is 2. The summed E-state index contributed by atoms with van der Waals surface area (Å²) in [5.74, 6) is 0.730. The number of pyridine rings is 1. The van der Waals surface area contributed by atoms with Crippen LogP contribution in [0.25, 0.3) is 21.9 Å². The highest BCUT2D eigenvalue weighted by Gasteiger charge is 2.28. The zero-order valence-electron chi connectivity index (χ0n) is 20.8. The lowest BCUT2D eigenvalue weighted by Crippen LogP contribution is -2.44. The van der Waals surface area contributed by atoms with Crippen molar-refractivity contribution in [3.8, 4) is 6.07 Å². The number of rotatable bonds is 5. The van der Waals surface area contributed by atoms with Crippen LogP contribution in [0.1, 0.15) is 29.5 Å². The normalized spacial score (nSPS) is 15.4. The number of piperidine rings is 1. The minimum atomic E-state index is -0.175. The average Bonchev–Trinajstić information content (AvgIpc) is 3.24. The topological polar surface area (TPSA) is 106 Å². The van der Waals surface area contributed by atoms with Crippen LogP contribution in [-0.2, 0) is 13.1 Å².